The molecule has 1 saturated heterocycles. The summed E-state index contributed by atoms with van der Waals surface area (Å²) in [5, 5.41) is 12.5. The molecule has 8 heteroatoms. The largest absolute Gasteiger partial charge is 0.502 e. The molecular formula is C25H20FN3O4. The number of aromatic hydroxyl groups is 1. The van der Waals surface area contributed by atoms with Gasteiger partial charge in [-0.25, -0.2) is 4.39 Å². The van der Waals surface area contributed by atoms with Crippen LogP contribution in [0.2, 0.25) is 0 Å². The van der Waals surface area contributed by atoms with Gasteiger partial charge in [-0.1, -0.05) is 42.5 Å². The zero-order valence-corrected chi connectivity index (χ0v) is 17.5. The number of ether oxygens (including phenoxy) is 1. The van der Waals surface area contributed by atoms with Gasteiger partial charge in [0.25, 0.3) is 5.91 Å². The van der Waals surface area contributed by atoms with E-state index in [2.05, 4.69) is 0 Å². The van der Waals surface area contributed by atoms with Crippen molar-refractivity contribution in [2.45, 2.75) is 12.2 Å². The Labute approximate surface area is 188 Å². The van der Waals surface area contributed by atoms with Gasteiger partial charge in [0.2, 0.25) is 5.43 Å². The lowest BCUT2D eigenvalue weighted by atomic mass is 9.92. The third-order valence-electron chi connectivity index (χ3n) is 6.52. The molecule has 2 aliphatic heterocycles. The van der Waals surface area contributed by atoms with Crippen molar-refractivity contribution in [3.05, 3.63) is 98.7 Å². The Balaban J connectivity index is 1.67. The standard InChI is InChI=1S/C25H20FN3O4/c26-17-7-8-19-16(13-17)6-5-15-3-1-2-4-18(15)22(19)29-21-14-33-12-11-27(21)25(32)23-24(31)20(30)9-10-28(23)29/h1-10,13,21-22,31H,11-12,14H2/t21-,22+/m1/s1. The van der Waals surface area contributed by atoms with Gasteiger partial charge in [-0.15, -0.1) is 0 Å². The number of amides is 1. The van der Waals surface area contributed by atoms with Gasteiger partial charge in [0.05, 0.1) is 19.3 Å². The molecule has 2 aromatic carbocycles. The Morgan fingerprint density at radius 1 is 1.00 bits per heavy atom. The number of carbonyl (C=O) groups excluding carboxylic acids is 1. The van der Waals surface area contributed by atoms with E-state index < -0.39 is 29.3 Å². The minimum atomic E-state index is -0.619. The summed E-state index contributed by atoms with van der Waals surface area (Å²) in [7, 11) is 0. The smallest absolute Gasteiger partial charge is 0.278 e. The maximum atomic E-state index is 14.2. The number of rotatable bonds is 1. The number of benzene rings is 2. The van der Waals surface area contributed by atoms with Crippen LogP contribution < -0.4 is 10.4 Å². The highest BCUT2D eigenvalue weighted by molar-refractivity contribution is 5.96. The second kappa shape index (κ2) is 7.31. The summed E-state index contributed by atoms with van der Waals surface area (Å²) in [4.78, 5) is 27.2. The Bertz CT molecular complexity index is 1380. The summed E-state index contributed by atoms with van der Waals surface area (Å²) in [5.74, 6) is -1.35. The first kappa shape index (κ1) is 19.8. The number of pyridine rings is 1. The van der Waals surface area contributed by atoms with Crippen molar-refractivity contribution in [3.63, 3.8) is 0 Å². The third kappa shape index (κ3) is 2.91. The van der Waals surface area contributed by atoms with Gasteiger partial charge in [0.15, 0.2) is 11.4 Å². The Morgan fingerprint density at radius 2 is 1.79 bits per heavy atom. The number of carbonyl (C=O) groups is 1. The Hall–Kier alpha value is -3.91. The lowest BCUT2D eigenvalue weighted by molar-refractivity contribution is -0.0197. The van der Waals surface area contributed by atoms with Crippen molar-refractivity contribution in [1.82, 2.24) is 9.58 Å². The fourth-order valence-electron chi connectivity index (χ4n) is 5.01. The van der Waals surface area contributed by atoms with Crippen molar-refractivity contribution < 1.29 is 19.0 Å². The molecule has 1 amide bonds. The van der Waals surface area contributed by atoms with Crippen molar-refractivity contribution >= 4 is 18.1 Å². The summed E-state index contributed by atoms with van der Waals surface area (Å²) in [6.07, 6.45) is 4.84. The van der Waals surface area contributed by atoms with Gasteiger partial charge in [-0.3, -0.25) is 19.3 Å². The molecule has 1 aliphatic carbocycles. The van der Waals surface area contributed by atoms with Crippen molar-refractivity contribution in [2.75, 3.05) is 24.8 Å². The summed E-state index contributed by atoms with van der Waals surface area (Å²) in [6.45, 7) is 0.935. The maximum absolute atomic E-state index is 14.2. The molecule has 3 heterocycles. The van der Waals surface area contributed by atoms with Gasteiger partial charge in [-0.05, 0) is 34.4 Å². The van der Waals surface area contributed by atoms with Crippen molar-refractivity contribution in [1.29, 1.82) is 0 Å². The van der Waals surface area contributed by atoms with Gasteiger partial charge in [0.1, 0.15) is 12.0 Å². The zero-order valence-electron chi connectivity index (χ0n) is 17.5. The molecule has 0 spiro atoms. The molecule has 0 unspecified atom stereocenters. The van der Waals surface area contributed by atoms with Crippen LogP contribution in [0.25, 0.3) is 12.2 Å². The molecule has 7 nitrogen and oxygen atoms in total. The number of hydrogen-bond acceptors (Lipinski definition) is 5. The van der Waals surface area contributed by atoms with E-state index in [4.69, 9.17) is 4.74 Å². The molecule has 0 radical (unpaired) electrons. The highest BCUT2D eigenvalue weighted by Crippen LogP contribution is 2.40. The van der Waals surface area contributed by atoms with E-state index >= 15 is 0 Å². The number of hydrogen-bond donors (Lipinski definition) is 1. The molecule has 0 bridgehead atoms. The molecule has 3 aromatic rings. The van der Waals surface area contributed by atoms with Gasteiger partial charge in [0, 0.05) is 18.8 Å². The monoisotopic (exact) mass is 445 g/mol. The number of nitrogens with zero attached hydrogens (tertiary/aromatic N) is 3. The van der Waals surface area contributed by atoms with E-state index in [1.54, 1.807) is 15.6 Å². The van der Waals surface area contributed by atoms with Crippen LogP contribution >= 0.6 is 0 Å². The highest BCUT2D eigenvalue weighted by atomic mass is 19.1. The first-order chi connectivity index (χ1) is 16.0. The second-order valence-electron chi connectivity index (χ2n) is 8.29. The lowest BCUT2D eigenvalue weighted by Crippen LogP contribution is -2.66. The first-order valence-corrected chi connectivity index (χ1v) is 10.7. The molecule has 6 rings (SSSR count). The molecule has 0 saturated carbocycles. The van der Waals surface area contributed by atoms with Crippen LogP contribution in [-0.2, 0) is 4.74 Å². The van der Waals surface area contributed by atoms with E-state index in [-0.39, 0.29) is 18.1 Å². The highest BCUT2D eigenvalue weighted by Gasteiger charge is 2.45. The van der Waals surface area contributed by atoms with E-state index in [0.29, 0.717) is 18.7 Å². The van der Waals surface area contributed by atoms with Crippen LogP contribution in [0.15, 0.2) is 59.5 Å². The quantitative estimate of drug-likeness (QED) is 0.624. The predicted octanol–water partition coefficient (Wildman–Crippen LogP) is 2.72. The molecule has 1 fully saturated rings. The molecule has 1 aromatic heterocycles. The van der Waals surface area contributed by atoms with Crippen molar-refractivity contribution in [2.24, 2.45) is 0 Å². The average molecular weight is 445 g/mol. The summed E-state index contributed by atoms with van der Waals surface area (Å²) < 4.78 is 21.5. The Kier molecular flexibility index (Phi) is 4.38. The molecular weight excluding hydrogens is 425 g/mol. The minimum absolute atomic E-state index is 0.0843. The van der Waals surface area contributed by atoms with Crippen LogP contribution in [0, 0.1) is 5.82 Å². The molecule has 1 N–H and O–H groups in total. The van der Waals surface area contributed by atoms with Crippen LogP contribution in [0.3, 0.4) is 0 Å². The predicted molar refractivity (Wildman–Crippen MR) is 120 cm³/mol. The minimum Gasteiger partial charge on any atom is -0.502 e. The van der Waals surface area contributed by atoms with Gasteiger partial charge < -0.3 is 14.7 Å². The molecule has 166 valence electrons. The van der Waals surface area contributed by atoms with Gasteiger partial charge in [-0.2, -0.15) is 0 Å². The number of aromatic nitrogens is 1. The van der Waals surface area contributed by atoms with E-state index in [0.717, 1.165) is 16.7 Å². The fraction of sp³-hybridized carbons (Fsp3) is 0.200. The number of fused-ring (bicyclic) bond motifs is 4. The summed E-state index contributed by atoms with van der Waals surface area (Å²) in [5.41, 5.74) is 2.74. The lowest BCUT2D eigenvalue weighted by Gasteiger charge is -2.51. The van der Waals surface area contributed by atoms with Crippen LogP contribution in [-0.4, -0.2) is 46.5 Å². The second-order valence-corrected chi connectivity index (χ2v) is 8.29. The van der Waals surface area contributed by atoms with E-state index in [9.17, 15) is 19.1 Å². The number of morpholine rings is 1. The maximum Gasteiger partial charge on any atom is 0.278 e. The molecule has 2 atom stereocenters. The fourth-order valence-corrected chi connectivity index (χ4v) is 5.01. The van der Waals surface area contributed by atoms with Crippen LogP contribution in [0.4, 0.5) is 4.39 Å². The topological polar surface area (TPSA) is 75.0 Å². The Morgan fingerprint density at radius 3 is 2.67 bits per heavy atom. The zero-order chi connectivity index (χ0) is 22.7. The van der Waals surface area contributed by atoms with E-state index in [1.165, 1.54) is 24.4 Å². The van der Waals surface area contributed by atoms with Gasteiger partial charge >= 0.3 is 0 Å². The van der Waals surface area contributed by atoms with Crippen molar-refractivity contribution in [3.8, 4) is 5.75 Å². The molecule has 3 aliphatic rings. The number of halogens is 1. The van der Waals surface area contributed by atoms with E-state index in [1.807, 2.05) is 41.4 Å². The normalized spacial score (nSPS) is 21.1. The first-order valence-electron chi connectivity index (χ1n) is 10.7. The molecule has 33 heavy (non-hydrogen) atoms. The van der Waals surface area contributed by atoms with Crippen LogP contribution in [0.5, 0.6) is 5.75 Å². The summed E-state index contributed by atoms with van der Waals surface area (Å²) >= 11 is 0. The third-order valence-corrected chi connectivity index (χ3v) is 6.52. The SMILES string of the molecule is O=C1c2c(O)c(=O)ccn2N([C@H]2c3ccccc3C=Cc3cc(F)ccc32)[C@@H]2COCCN12. The average Bonchev–Trinajstić information content (AvgIpc) is 2.98. The summed E-state index contributed by atoms with van der Waals surface area (Å²) in [6, 6.07) is 13.3. The van der Waals surface area contributed by atoms with Crippen LogP contribution in [0.1, 0.15) is 38.8 Å².